The molecule has 7 heteroatoms. The third-order valence-corrected chi connectivity index (χ3v) is 4.45. The third kappa shape index (κ3) is 3.93. The summed E-state index contributed by atoms with van der Waals surface area (Å²) >= 11 is 0. The molecule has 0 N–H and O–H groups in total. The standard InChI is InChI=1S/C18H24N4O3/c1-20-12-14(11-19-20)13-21-6-8-22(9-7-21)18(23)15-4-5-16(24-2)17(10-15)25-3/h4-5,10-12H,6-9,13H2,1-3H3. The number of hydrogen-bond acceptors (Lipinski definition) is 5. The second-order valence-electron chi connectivity index (χ2n) is 6.16. The summed E-state index contributed by atoms with van der Waals surface area (Å²) in [5.74, 6) is 1.23. The Balaban J connectivity index is 1.59. The highest BCUT2D eigenvalue weighted by Crippen LogP contribution is 2.28. The third-order valence-electron chi connectivity index (χ3n) is 4.45. The molecule has 7 nitrogen and oxygen atoms in total. The van der Waals surface area contributed by atoms with Gasteiger partial charge in [-0.15, -0.1) is 0 Å². The molecule has 1 saturated heterocycles. The van der Waals surface area contributed by atoms with Gasteiger partial charge in [-0.3, -0.25) is 14.4 Å². The fourth-order valence-electron chi connectivity index (χ4n) is 3.07. The predicted octanol–water partition coefficient (Wildman–Crippen LogP) is 1.40. The van der Waals surface area contributed by atoms with E-state index in [1.54, 1.807) is 32.4 Å². The van der Waals surface area contributed by atoms with Crippen LogP contribution in [0, 0.1) is 0 Å². The summed E-state index contributed by atoms with van der Waals surface area (Å²) < 4.78 is 12.3. The number of benzene rings is 1. The molecule has 1 amide bonds. The minimum atomic E-state index is 0.0296. The lowest BCUT2D eigenvalue weighted by Gasteiger charge is -2.34. The molecular weight excluding hydrogens is 320 g/mol. The van der Waals surface area contributed by atoms with Crippen molar-refractivity contribution in [2.75, 3.05) is 40.4 Å². The van der Waals surface area contributed by atoms with E-state index in [0.29, 0.717) is 30.2 Å². The molecule has 0 spiro atoms. The van der Waals surface area contributed by atoms with Gasteiger partial charge in [-0.25, -0.2) is 0 Å². The van der Waals surface area contributed by atoms with Crippen molar-refractivity contribution in [2.45, 2.75) is 6.54 Å². The van der Waals surface area contributed by atoms with Crippen LogP contribution in [0.25, 0.3) is 0 Å². The van der Waals surface area contributed by atoms with Crippen LogP contribution < -0.4 is 9.47 Å². The van der Waals surface area contributed by atoms with E-state index in [-0.39, 0.29) is 5.91 Å². The summed E-state index contributed by atoms with van der Waals surface area (Å²) in [7, 11) is 5.08. The first-order valence-electron chi connectivity index (χ1n) is 8.32. The van der Waals surface area contributed by atoms with E-state index in [4.69, 9.17) is 9.47 Å². The highest BCUT2D eigenvalue weighted by atomic mass is 16.5. The second-order valence-corrected chi connectivity index (χ2v) is 6.16. The van der Waals surface area contributed by atoms with Gasteiger partial charge in [0.2, 0.25) is 0 Å². The minimum Gasteiger partial charge on any atom is -0.493 e. The molecule has 0 aliphatic carbocycles. The Bertz CT molecular complexity index is 736. The van der Waals surface area contributed by atoms with Crippen LogP contribution in [0.5, 0.6) is 11.5 Å². The first-order valence-corrected chi connectivity index (χ1v) is 8.32. The Hall–Kier alpha value is -2.54. The van der Waals surface area contributed by atoms with Crippen LogP contribution in [0.4, 0.5) is 0 Å². The maximum absolute atomic E-state index is 12.7. The molecular formula is C18H24N4O3. The number of aryl methyl sites for hydroxylation is 1. The Morgan fingerprint density at radius 3 is 2.44 bits per heavy atom. The van der Waals surface area contributed by atoms with Crippen molar-refractivity contribution in [3.8, 4) is 11.5 Å². The molecule has 2 aromatic rings. The molecule has 0 radical (unpaired) electrons. The van der Waals surface area contributed by atoms with Crippen molar-refractivity contribution in [2.24, 2.45) is 7.05 Å². The lowest BCUT2D eigenvalue weighted by Crippen LogP contribution is -2.48. The van der Waals surface area contributed by atoms with E-state index >= 15 is 0 Å². The number of rotatable bonds is 5. The Labute approximate surface area is 147 Å². The molecule has 25 heavy (non-hydrogen) atoms. The van der Waals surface area contributed by atoms with Gasteiger partial charge in [0, 0.05) is 57.1 Å². The highest BCUT2D eigenvalue weighted by molar-refractivity contribution is 5.95. The van der Waals surface area contributed by atoms with E-state index in [9.17, 15) is 4.79 Å². The number of amides is 1. The van der Waals surface area contributed by atoms with Crippen LogP contribution in [0.1, 0.15) is 15.9 Å². The lowest BCUT2D eigenvalue weighted by molar-refractivity contribution is 0.0628. The Morgan fingerprint density at radius 1 is 1.12 bits per heavy atom. The van der Waals surface area contributed by atoms with Crippen LogP contribution in [0.3, 0.4) is 0 Å². The van der Waals surface area contributed by atoms with Crippen LogP contribution in [0.15, 0.2) is 30.6 Å². The summed E-state index contributed by atoms with van der Waals surface area (Å²) in [5.41, 5.74) is 1.82. The first-order chi connectivity index (χ1) is 12.1. The SMILES string of the molecule is COc1ccc(C(=O)N2CCN(Cc3cnn(C)c3)CC2)cc1OC. The van der Waals surface area contributed by atoms with E-state index in [0.717, 1.165) is 19.6 Å². The van der Waals surface area contributed by atoms with Gasteiger partial charge in [0.25, 0.3) is 5.91 Å². The van der Waals surface area contributed by atoms with E-state index < -0.39 is 0 Å². The molecule has 3 rings (SSSR count). The average Bonchev–Trinajstić information content (AvgIpc) is 3.06. The quantitative estimate of drug-likeness (QED) is 0.820. The smallest absolute Gasteiger partial charge is 0.254 e. The van der Waals surface area contributed by atoms with Gasteiger partial charge in [0.05, 0.1) is 20.4 Å². The normalized spacial score (nSPS) is 15.2. The fourth-order valence-corrected chi connectivity index (χ4v) is 3.07. The van der Waals surface area contributed by atoms with Gasteiger partial charge >= 0.3 is 0 Å². The van der Waals surface area contributed by atoms with Gasteiger partial charge in [-0.05, 0) is 18.2 Å². The number of carbonyl (C=O) groups excluding carboxylic acids is 1. The van der Waals surface area contributed by atoms with E-state index in [1.807, 2.05) is 29.0 Å². The first kappa shape index (κ1) is 17.3. The number of piperazine rings is 1. The van der Waals surface area contributed by atoms with Crippen molar-refractivity contribution in [1.82, 2.24) is 19.6 Å². The Kier molecular flexibility index (Phi) is 5.23. The number of methoxy groups -OCH3 is 2. The zero-order valence-corrected chi connectivity index (χ0v) is 14.9. The highest BCUT2D eigenvalue weighted by Gasteiger charge is 2.23. The zero-order chi connectivity index (χ0) is 17.8. The average molecular weight is 344 g/mol. The summed E-state index contributed by atoms with van der Waals surface area (Å²) in [5, 5.41) is 4.20. The number of carbonyl (C=O) groups is 1. The van der Waals surface area contributed by atoms with Crippen LogP contribution >= 0.6 is 0 Å². The van der Waals surface area contributed by atoms with Crippen LogP contribution in [0.2, 0.25) is 0 Å². The molecule has 1 aromatic heterocycles. The van der Waals surface area contributed by atoms with Gasteiger partial charge in [-0.1, -0.05) is 0 Å². The molecule has 0 bridgehead atoms. The molecule has 0 atom stereocenters. The maximum Gasteiger partial charge on any atom is 0.254 e. The maximum atomic E-state index is 12.7. The van der Waals surface area contributed by atoms with Crippen molar-refractivity contribution in [1.29, 1.82) is 0 Å². The molecule has 1 aliphatic rings. The second kappa shape index (κ2) is 7.57. The molecule has 0 saturated carbocycles. The Morgan fingerprint density at radius 2 is 1.84 bits per heavy atom. The fraction of sp³-hybridized carbons (Fsp3) is 0.444. The van der Waals surface area contributed by atoms with E-state index in [2.05, 4.69) is 10.00 Å². The van der Waals surface area contributed by atoms with Gasteiger partial charge in [0.15, 0.2) is 11.5 Å². The summed E-state index contributed by atoms with van der Waals surface area (Å²) in [6.45, 7) is 4.01. The molecule has 1 aromatic carbocycles. The van der Waals surface area contributed by atoms with Crippen molar-refractivity contribution < 1.29 is 14.3 Å². The van der Waals surface area contributed by atoms with Crippen molar-refractivity contribution >= 4 is 5.91 Å². The minimum absolute atomic E-state index is 0.0296. The van der Waals surface area contributed by atoms with Gasteiger partial charge in [-0.2, -0.15) is 5.10 Å². The molecule has 134 valence electrons. The molecule has 2 heterocycles. The lowest BCUT2D eigenvalue weighted by atomic mass is 10.1. The van der Waals surface area contributed by atoms with Crippen molar-refractivity contribution in [3.63, 3.8) is 0 Å². The number of nitrogens with zero attached hydrogens (tertiary/aromatic N) is 4. The molecule has 0 unspecified atom stereocenters. The largest absolute Gasteiger partial charge is 0.493 e. The van der Waals surface area contributed by atoms with Crippen LogP contribution in [-0.4, -0.2) is 65.9 Å². The number of aromatic nitrogens is 2. The van der Waals surface area contributed by atoms with Gasteiger partial charge in [0.1, 0.15) is 0 Å². The topological polar surface area (TPSA) is 59.8 Å². The predicted molar refractivity (Wildman–Crippen MR) is 93.9 cm³/mol. The monoisotopic (exact) mass is 344 g/mol. The van der Waals surface area contributed by atoms with Gasteiger partial charge < -0.3 is 14.4 Å². The number of hydrogen-bond donors (Lipinski definition) is 0. The van der Waals surface area contributed by atoms with Crippen LogP contribution in [-0.2, 0) is 13.6 Å². The van der Waals surface area contributed by atoms with E-state index in [1.165, 1.54) is 5.56 Å². The molecule has 1 fully saturated rings. The summed E-state index contributed by atoms with van der Waals surface area (Å²) in [4.78, 5) is 17.0. The molecule has 1 aliphatic heterocycles. The summed E-state index contributed by atoms with van der Waals surface area (Å²) in [6.07, 6.45) is 3.92. The summed E-state index contributed by atoms with van der Waals surface area (Å²) in [6, 6.07) is 5.29. The zero-order valence-electron chi connectivity index (χ0n) is 14.9. The number of ether oxygens (including phenoxy) is 2. The van der Waals surface area contributed by atoms with Crippen molar-refractivity contribution in [3.05, 3.63) is 41.7 Å².